The maximum atomic E-state index is 4.28. The molecule has 110 valence electrons. The molecule has 0 fully saturated rings. The molecule has 2 aromatic carbocycles. The first-order valence-electron chi connectivity index (χ1n) is 7.98. The van der Waals surface area contributed by atoms with Gasteiger partial charge in [-0.1, -0.05) is 48.9 Å². The number of benzene rings is 2. The van der Waals surface area contributed by atoms with Gasteiger partial charge in [-0.05, 0) is 53.6 Å². The number of fused-ring (bicyclic) bond motifs is 3. The van der Waals surface area contributed by atoms with Gasteiger partial charge in [-0.25, -0.2) is 4.68 Å². The standard InChI is InChI=1S/C19H19N3/c1-2-3-7-16-13-22(21-20-16)17-9-10-19-15(12-17)11-14-6-4-5-8-18(14)19/h4-6,8-10,12-13H,2-3,7,11H2,1H3. The summed E-state index contributed by atoms with van der Waals surface area (Å²) in [4.78, 5) is 0. The Morgan fingerprint density at radius 3 is 2.82 bits per heavy atom. The zero-order valence-corrected chi connectivity index (χ0v) is 12.8. The molecule has 1 heterocycles. The predicted octanol–water partition coefficient (Wildman–Crippen LogP) is 4.18. The molecule has 0 atom stereocenters. The predicted molar refractivity (Wildman–Crippen MR) is 88.2 cm³/mol. The van der Waals surface area contributed by atoms with Crippen LogP contribution >= 0.6 is 0 Å². The number of rotatable bonds is 4. The summed E-state index contributed by atoms with van der Waals surface area (Å²) in [7, 11) is 0. The van der Waals surface area contributed by atoms with Crippen molar-refractivity contribution in [2.75, 3.05) is 0 Å². The minimum atomic E-state index is 1.01. The lowest BCUT2D eigenvalue weighted by atomic mass is 10.1. The van der Waals surface area contributed by atoms with Gasteiger partial charge in [0.2, 0.25) is 0 Å². The van der Waals surface area contributed by atoms with Crippen molar-refractivity contribution in [3.8, 4) is 16.8 Å². The summed E-state index contributed by atoms with van der Waals surface area (Å²) >= 11 is 0. The van der Waals surface area contributed by atoms with Crippen molar-refractivity contribution in [2.24, 2.45) is 0 Å². The SMILES string of the molecule is CCCCc1cn(-c2ccc3c(c2)Cc2ccccc2-3)nn1. The lowest BCUT2D eigenvalue weighted by Gasteiger charge is -2.04. The van der Waals surface area contributed by atoms with Gasteiger partial charge in [-0.2, -0.15) is 0 Å². The summed E-state index contributed by atoms with van der Waals surface area (Å²) < 4.78 is 1.90. The van der Waals surface area contributed by atoms with Gasteiger partial charge in [0.1, 0.15) is 0 Å². The highest BCUT2D eigenvalue weighted by Gasteiger charge is 2.18. The van der Waals surface area contributed by atoms with E-state index in [1.165, 1.54) is 28.7 Å². The van der Waals surface area contributed by atoms with Crippen molar-refractivity contribution < 1.29 is 0 Å². The molecular weight excluding hydrogens is 270 g/mol. The highest BCUT2D eigenvalue weighted by Crippen LogP contribution is 2.37. The van der Waals surface area contributed by atoms with Crippen LogP contribution in [0.15, 0.2) is 48.7 Å². The van der Waals surface area contributed by atoms with Crippen LogP contribution in [-0.2, 0) is 12.8 Å². The second-order valence-electron chi connectivity index (χ2n) is 5.93. The van der Waals surface area contributed by atoms with Gasteiger partial charge < -0.3 is 0 Å². The zero-order valence-electron chi connectivity index (χ0n) is 12.8. The van der Waals surface area contributed by atoms with Crippen LogP contribution in [0.2, 0.25) is 0 Å². The summed E-state index contributed by atoms with van der Waals surface area (Å²) in [5.74, 6) is 0. The van der Waals surface area contributed by atoms with Gasteiger partial charge >= 0.3 is 0 Å². The van der Waals surface area contributed by atoms with E-state index in [2.05, 4.69) is 65.9 Å². The van der Waals surface area contributed by atoms with Crippen LogP contribution in [0.25, 0.3) is 16.8 Å². The fourth-order valence-corrected chi connectivity index (χ4v) is 3.17. The van der Waals surface area contributed by atoms with Gasteiger partial charge in [0.05, 0.1) is 17.6 Å². The van der Waals surface area contributed by atoms with Gasteiger partial charge in [0.15, 0.2) is 0 Å². The molecule has 1 aliphatic carbocycles. The van der Waals surface area contributed by atoms with Crippen molar-refractivity contribution >= 4 is 0 Å². The molecule has 3 heteroatoms. The minimum Gasteiger partial charge on any atom is -0.220 e. The smallest absolute Gasteiger partial charge is 0.0831 e. The normalized spacial score (nSPS) is 12.2. The second-order valence-corrected chi connectivity index (χ2v) is 5.93. The number of nitrogens with zero attached hydrogens (tertiary/aromatic N) is 3. The molecule has 0 N–H and O–H groups in total. The van der Waals surface area contributed by atoms with Crippen molar-refractivity contribution in [3.63, 3.8) is 0 Å². The Balaban J connectivity index is 1.65. The van der Waals surface area contributed by atoms with Crippen molar-refractivity contribution in [1.82, 2.24) is 15.0 Å². The number of aromatic nitrogens is 3. The van der Waals surface area contributed by atoms with Crippen LogP contribution in [0.4, 0.5) is 0 Å². The Bertz CT molecular complexity index is 817. The Morgan fingerprint density at radius 2 is 1.91 bits per heavy atom. The van der Waals surface area contributed by atoms with Gasteiger partial charge in [0.25, 0.3) is 0 Å². The Kier molecular flexibility index (Phi) is 3.26. The third-order valence-corrected chi connectivity index (χ3v) is 4.37. The summed E-state index contributed by atoms with van der Waals surface area (Å²) in [6.45, 7) is 2.20. The number of hydrogen-bond acceptors (Lipinski definition) is 2. The van der Waals surface area contributed by atoms with E-state index in [1.54, 1.807) is 0 Å². The van der Waals surface area contributed by atoms with Crippen LogP contribution in [-0.4, -0.2) is 15.0 Å². The van der Waals surface area contributed by atoms with E-state index in [4.69, 9.17) is 0 Å². The first-order chi connectivity index (χ1) is 10.8. The summed E-state index contributed by atoms with van der Waals surface area (Å²) in [5.41, 5.74) is 7.69. The molecular formula is C19H19N3. The molecule has 0 bridgehead atoms. The molecule has 0 aliphatic heterocycles. The molecule has 1 aromatic heterocycles. The monoisotopic (exact) mass is 289 g/mol. The summed E-state index contributed by atoms with van der Waals surface area (Å²) in [5, 5.41) is 8.56. The van der Waals surface area contributed by atoms with E-state index >= 15 is 0 Å². The number of aryl methyl sites for hydroxylation is 1. The average Bonchev–Trinajstić information content (AvgIpc) is 3.16. The van der Waals surface area contributed by atoms with E-state index in [9.17, 15) is 0 Å². The Labute approximate surface area is 130 Å². The molecule has 0 amide bonds. The fourth-order valence-electron chi connectivity index (χ4n) is 3.17. The Hall–Kier alpha value is -2.42. The molecule has 3 aromatic rings. The lowest BCUT2D eigenvalue weighted by Crippen LogP contribution is -1.96. The molecule has 0 saturated heterocycles. The molecule has 0 saturated carbocycles. The lowest BCUT2D eigenvalue weighted by molar-refractivity contribution is 0.761. The quantitative estimate of drug-likeness (QED) is 0.564. The number of unbranched alkanes of at least 4 members (excludes halogenated alkanes) is 1. The third kappa shape index (κ3) is 2.23. The van der Waals surface area contributed by atoms with Crippen molar-refractivity contribution in [1.29, 1.82) is 0 Å². The van der Waals surface area contributed by atoms with Gasteiger partial charge in [-0.3, -0.25) is 0 Å². The highest BCUT2D eigenvalue weighted by atomic mass is 15.4. The first-order valence-corrected chi connectivity index (χ1v) is 7.98. The largest absolute Gasteiger partial charge is 0.220 e. The van der Waals surface area contributed by atoms with Gasteiger partial charge in [-0.15, -0.1) is 5.10 Å². The zero-order chi connectivity index (χ0) is 14.9. The third-order valence-electron chi connectivity index (χ3n) is 4.37. The Morgan fingerprint density at radius 1 is 1.05 bits per heavy atom. The van der Waals surface area contributed by atoms with E-state index in [0.29, 0.717) is 0 Å². The average molecular weight is 289 g/mol. The van der Waals surface area contributed by atoms with Crippen LogP contribution in [0.5, 0.6) is 0 Å². The summed E-state index contributed by atoms with van der Waals surface area (Å²) in [6, 6.07) is 15.2. The molecule has 0 radical (unpaired) electrons. The maximum absolute atomic E-state index is 4.28. The minimum absolute atomic E-state index is 1.01. The van der Waals surface area contributed by atoms with E-state index < -0.39 is 0 Å². The molecule has 3 nitrogen and oxygen atoms in total. The van der Waals surface area contributed by atoms with Crippen molar-refractivity contribution in [2.45, 2.75) is 32.6 Å². The second kappa shape index (κ2) is 5.41. The van der Waals surface area contributed by atoms with E-state index in [-0.39, 0.29) is 0 Å². The highest BCUT2D eigenvalue weighted by molar-refractivity contribution is 5.77. The maximum Gasteiger partial charge on any atom is 0.0831 e. The fraction of sp³-hybridized carbons (Fsp3) is 0.263. The molecule has 1 aliphatic rings. The van der Waals surface area contributed by atoms with Crippen LogP contribution in [0, 0.1) is 0 Å². The van der Waals surface area contributed by atoms with Crippen LogP contribution < -0.4 is 0 Å². The first kappa shape index (κ1) is 13.3. The van der Waals surface area contributed by atoms with Crippen molar-refractivity contribution in [3.05, 3.63) is 65.5 Å². The molecule has 4 rings (SSSR count). The van der Waals surface area contributed by atoms with E-state index in [1.807, 2.05) is 4.68 Å². The topological polar surface area (TPSA) is 30.7 Å². The van der Waals surface area contributed by atoms with Gasteiger partial charge in [0, 0.05) is 0 Å². The molecule has 0 spiro atoms. The van der Waals surface area contributed by atoms with E-state index in [0.717, 1.165) is 30.6 Å². The van der Waals surface area contributed by atoms with Crippen LogP contribution in [0.3, 0.4) is 0 Å². The molecule has 0 unspecified atom stereocenters. The van der Waals surface area contributed by atoms with Crippen LogP contribution in [0.1, 0.15) is 36.6 Å². The molecule has 22 heavy (non-hydrogen) atoms. The summed E-state index contributed by atoms with van der Waals surface area (Å²) in [6.07, 6.45) is 6.42. The number of hydrogen-bond donors (Lipinski definition) is 0.